The third kappa shape index (κ3) is 6.24. The van der Waals surface area contributed by atoms with Gasteiger partial charge in [-0.3, -0.25) is 9.69 Å². The Morgan fingerprint density at radius 2 is 1.58 bits per heavy atom. The van der Waals surface area contributed by atoms with Gasteiger partial charge < -0.3 is 9.80 Å². The number of rotatable bonds is 7. The predicted molar refractivity (Wildman–Crippen MR) is 136 cm³/mol. The fourth-order valence-electron chi connectivity index (χ4n) is 5.77. The van der Waals surface area contributed by atoms with E-state index in [1.54, 1.807) is 0 Å². The van der Waals surface area contributed by atoms with Gasteiger partial charge in [0, 0.05) is 32.7 Å². The van der Waals surface area contributed by atoms with Crippen molar-refractivity contribution in [2.45, 2.75) is 64.5 Å². The van der Waals surface area contributed by atoms with E-state index in [2.05, 4.69) is 66.1 Å². The van der Waals surface area contributed by atoms with Gasteiger partial charge in [-0.25, -0.2) is 0 Å². The quantitative estimate of drug-likeness (QED) is 0.598. The van der Waals surface area contributed by atoms with Gasteiger partial charge in [-0.05, 0) is 70.2 Å². The maximum atomic E-state index is 13.8. The molecule has 0 aliphatic carbocycles. The number of piperidine rings is 2. The van der Waals surface area contributed by atoms with Crippen LogP contribution in [0.4, 0.5) is 0 Å². The highest BCUT2D eigenvalue weighted by atomic mass is 16.2. The van der Waals surface area contributed by atoms with Crippen molar-refractivity contribution in [2.75, 3.05) is 39.8 Å². The summed E-state index contributed by atoms with van der Waals surface area (Å²) in [5.41, 5.74) is 5.01. The molecule has 1 amide bonds. The minimum atomic E-state index is -0.183. The van der Waals surface area contributed by atoms with Gasteiger partial charge in [-0.2, -0.15) is 0 Å². The van der Waals surface area contributed by atoms with Crippen molar-refractivity contribution in [1.82, 2.24) is 14.7 Å². The van der Waals surface area contributed by atoms with Crippen molar-refractivity contribution in [2.24, 2.45) is 0 Å². The standard InChI is InChI=1S/C29H41N3O/c1-23-20-24(2)22-25(21-23)12-17-30(3)29(33)28(26-10-6-4-7-11-26)32-18-13-27(14-19-32)31-15-8-5-9-16-31/h4,6-7,10-11,20-22,27-28H,5,8-9,12-19H2,1-3H3. The molecular formula is C29H41N3O. The number of hydrogen-bond donors (Lipinski definition) is 0. The maximum Gasteiger partial charge on any atom is 0.244 e. The van der Waals surface area contributed by atoms with Crippen LogP contribution in [-0.4, -0.2) is 66.4 Å². The van der Waals surface area contributed by atoms with Crippen LogP contribution in [0.3, 0.4) is 0 Å². The maximum absolute atomic E-state index is 13.8. The van der Waals surface area contributed by atoms with Crippen molar-refractivity contribution in [1.29, 1.82) is 0 Å². The normalized spacial score (nSPS) is 19.4. The van der Waals surface area contributed by atoms with E-state index in [-0.39, 0.29) is 11.9 Å². The summed E-state index contributed by atoms with van der Waals surface area (Å²) in [5.74, 6) is 0.224. The van der Waals surface area contributed by atoms with Crippen LogP contribution in [0.15, 0.2) is 48.5 Å². The first-order valence-corrected chi connectivity index (χ1v) is 12.9. The average Bonchev–Trinajstić information content (AvgIpc) is 2.84. The van der Waals surface area contributed by atoms with E-state index >= 15 is 0 Å². The zero-order valence-corrected chi connectivity index (χ0v) is 20.8. The molecule has 2 aliphatic heterocycles. The highest BCUT2D eigenvalue weighted by molar-refractivity contribution is 5.83. The molecule has 0 radical (unpaired) electrons. The molecule has 4 heteroatoms. The van der Waals surface area contributed by atoms with Gasteiger partial charge in [-0.1, -0.05) is 66.1 Å². The monoisotopic (exact) mass is 447 g/mol. The summed E-state index contributed by atoms with van der Waals surface area (Å²) < 4.78 is 0. The Balaban J connectivity index is 1.42. The fourth-order valence-corrected chi connectivity index (χ4v) is 5.77. The Hall–Kier alpha value is -2.17. The number of nitrogens with zero attached hydrogens (tertiary/aromatic N) is 3. The zero-order chi connectivity index (χ0) is 23.2. The summed E-state index contributed by atoms with van der Waals surface area (Å²) in [5, 5.41) is 0. The van der Waals surface area contributed by atoms with Crippen LogP contribution >= 0.6 is 0 Å². The molecule has 178 valence electrons. The summed E-state index contributed by atoms with van der Waals surface area (Å²) in [6.07, 6.45) is 7.30. The molecule has 1 atom stereocenters. The van der Waals surface area contributed by atoms with Crippen molar-refractivity contribution < 1.29 is 4.79 Å². The largest absolute Gasteiger partial charge is 0.344 e. The topological polar surface area (TPSA) is 26.8 Å². The highest BCUT2D eigenvalue weighted by Gasteiger charge is 2.34. The SMILES string of the molecule is Cc1cc(C)cc(CCN(C)C(=O)C(c2ccccc2)N2CCC(N3CCCCC3)CC2)c1. The van der Waals surface area contributed by atoms with E-state index in [0.717, 1.165) is 31.6 Å². The Labute approximate surface area is 200 Å². The number of carbonyl (C=O) groups excluding carboxylic acids is 1. The van der Waals surface area contributed by atoms with E-state index in [0.29, 0.717) is 6.04 Å². The van der Waals surface area contributed by atoms with Gasteiger partial charge in [-0.15, -0.1) is 0 Å². The molecule has 0 aromatic heterocycles. The van der Waals surface area contributed by atoms with Crippen LogP contribution in [0.1, 0.15) is 60.4 Å². The third-order valence-corrected chi connectivity index (χ3v) is 7.51. The van der Waals surface area contributed by atoms with Gasteiger partial charge in [0.15, 0.2) is 0 Å². The van der Waals surface area contributed by atoms with Gasteiger partial charge in [0.1, 0.15) is 6.04 Å². The molecule has 2 heterocycles. The first kappa shape index (κ1) is 24.0. The lowest BCUT2D eigenvalue weighted by Gasteiger charge is -2.43. The smallest absolute Gasteiger partial charge is 0.244 e. The van der Waals surface area contributed by atoms with Gasteiger partial charge in [0.25, 0.3) is 0 Å². The molecule has 0 N–H and O–H groups in total. The van der Waals surface area contributed by atoms with Gasteiger partial charge in [0.05, 0.1) is 0 Å². The van der Waals surface area contributed by atoms with Crippen LogP contribution in [-0.2, 0) is 11.2 Å². The molecule has 2 aromatic rings. The Morgan fingerprint density at radius 1 is 0.939 bits per heavy atom. The number of likely N-dealkylation sites (tertiary alicyclic amines) is 2. The van der Waals surface area contributed by atoms with Crippen LogP contribution < -0.4 is 0 Å². The molecule has 1 unspecified atom stereocenters. The molecule has 0 bridgehead atoms. The number of amides is 1. The summed E-state index contributed by atoms with van der Waals surface area (Å²) in [4.78, 5) is 20.8. The first-order chi connectivity index (χ1) is 16.0. The minimum absolute atomic E-state index is 0.183. The van der Waals surface area contributed by atoms with E-state index in [9.17, 15) is 4.79 Å². The lowest BCUT2D eigenvalue weighted by Crippen LogP contribution is -2.50. The second kappa shape index (κ2) is 11.3. The lowest BCUT2D eigenvalue weighted by atomic mass is 9.96. The van der Waals surface area contributed by atoms with Crippen molar-refractivity contribution in [3.8, 4) is 0 Å². The van der Waals surface area contributed by atoms with Crippen LogP contribution in [0, 0.1) is 13.8 Å². The first-order valence-electron chi connectivity index (χ1n) is 12.9. The van der Waals surface area contributed by atoms with Crippen molar-refractivity contribution in [3.05, 3.63) is 70.8 Å². The van der Waals surface area contributed by atoms with E-state index < -0.39 is 0 Å². The average molecular weight is 448 g/mol. The molecule has 0 saturated carbocycles. The molecule has 4 rings (SSSR count). The number of aryl methyl sites for hydroxylation is 2. The number of hydrogen-bond acceptors (Lipinski definition) is 3. The summed E-state index contributed by atoms with van der Waals surface area (Å²) in [6.45, 7) is 9.54. The van der Waals surface area contributed by atoms with Crippen molar-refractivity contribution >= 4 is 5.91 Å². The van der Waals surface area contributed by atoms with Gasteiger partial charge in [0.2, 0.25) is 5.91 Å². The summed E-state index contributed by atoms with van der Waals surface area (Å²) in [6, 6.07) is 17.6. The number of carbonyl (C=O) groups is 1. The van der Waals surface area contributed by atoms with Crippen LogP contribution in [0.25, 0.3) is 0 Å². The van der Waals surface area contributed by atoms with E-state index in [1.165, 1.54) is 61.9 Å². The summed E-state index contributed by atoms with van der Waals surface area (Å²) in [7, 11) is 1.97. The zero-order valence-electron chi connectivity index (χ0n) is 20.8. The molecular weight excluding hydrogens is 406 g/mol. The minimum Gasteiger partial charge on any atom is -0.344 e. The number of benzene rings is 2. The number of likely N-dealkylation sites (N-methyl/N-ethyl adjacent to an activating group) is 1. The Bertz CT molecular complexity index is 878. The molecule has 33 heavy (non-hydrogen) atoms. The Morgan fingerprint density at radius 3 is 2.21 bits per heavy atom. The molecule has 2 aliphatic rings. The highest BCUT2D eigenvalue weighted by Crippen LogP contribution is 2.29. The van der Waals surface area contributed by atoms with E-state index in [4.69, 9.17) is 0 Å². The molecule has 0 spiro atoms. The molecule has 2 saturated heterocycles. The van der Waals surface area contributed by atoms with Crippen LogP contribution in [0.5, 0.6) is 0 Å². The molecule has 4 nitrogen and oxygen atoms in total. The fraction of sp³-hybridized carbons (Fsp3) is 0.552. The van der Waals surface area contributed by atoms with Crippen LogP contribution in [0.2, 0.25) is 0 Å². The van der Waals surface area contributed by atoms with Gasteiger partial charge >= 0.3 is 0 Å². The Kier molecular flexibility index (Phi) is 8.21. The second-order valence-electron chi connectivity index (χ2n) is 10.2. The second-order valence-corrected chi connectivity index (χ2v) is 10.2. The lowest BCUT2D eigenvalue weighted by molar-refractivity contribution is -0.136. The summed E-state index contributed by atoms with van der Waals surface area (Å²) >= 11 is 0. The molecule has 2 aromatic carbocycles. The third-order valence-electron chi connectivity index (χ3n) is 7.51. The van der Waals surface area contributed by atoms with Crippen molar-refractivity contribution in [3.63, 3.8) is 0 Å². The predicted octanol–water partition coefficient (Wildman–Crippen LogP) is 5.00. The molecule has 2 fully saturated rings. The van der Waals surface area contributed by atoms with E-state index in [1.807, 2.05) is 18.0 Å².